The van der Waals surface area contributed by atoms with Gasteiger partial charge in [-0.15, -0.1) is 10.2 Å². The van der Waals surface area contributed by atoms with Crippen molar-refractivity contribution in [1.29, 1.82) is 0 Å². The van der Waals surface area contributed by atoms with Gasteiger partial charge in [-0.1, -0.05) is 12.1 Å². The van der Waals surface area contributed by atoms with E-state index in [9.17, 15) is 13.2 Å². The Morgan fingerprint density at radius 2 is 2.00 bits per heavy atom. The Morgan fingerprint density at radius 1 is 1.25 bits per heavy atom. The molecule has 1 heterocycles. The van der Waals surface area contributed by atoms with Crippen LogP contribution in [0.1, 0.15) is 5.56 Å². The smallest absolute Gasteiger partial charge is 0.317 e. The van der Waals surface area contributed by atoms with E-state index in [0.717, 1.165) is 12.1 Å². The summed E-state index contributed by atoms with van der Waals surface area (Å²) in [4.78, 5) is 0. The molecule has 0 saturated carbocycles. The summed E-state index contributed by atoms with van der Waals surface area (Å²) in [7, 11) is 1.68. The molecule has 0 N–H and O–H groups in total. The summed E-state index contributed by atoms with van der Waals surface area (Å²) in [6.07, 6.45) is -2.90. The number of hydrogen-bond acceptors (Lipinski definition) is 2. The molecule has 0 bridgehead atoms. The minimum atomic E-state index is -4.34. The Kier molecular flexibility index (Phi) is 2.41. The molecule has 0 aliphatic carbocycles. The molecular formula is C10H8F3N3. The maximum atomic E-state index is 12.5. The molecule has 16 heavy (non-hydrogen) atoms. The highest BCUT2D eigenvalue weighted by atomic mass is 19.4. The van der Waals surface area contributed by atoms with E-state index in [1.54, 1.807) is 17.7 Å². The number of aryl methyl sites for hydroxylation is 1. The van der Waals surface area contributed by atoms with E-state index in [4.69, 9.17) is 0 Å². The highest BCUT2D eigenvalue weighted by Gasteiger charge is 2.30. The lowest BCUT2D eigenvalue weighted by atomic mass is 10.1. The first kappa shape index (κ1) is 10.7. The first-order valence-electron chi connectivity index (χ1n) is 4.50. The molecule has 2 aromatic rings. The highest BCUT2D eigenvalue weighted by Crippen LogP contribution is 2.31. The molecule has 0 atom stereocenters. The van der Waals surface area contributed by atoms with E-state index in [2.05, 4.69) is 10.2 Å². The summed E-state index contributed by atoms with van der Waals surface area (Å²) in [6.45, 7) is 0. The predicted molar refractivity (Wildman–Crippen MR) is 51.4 cm³/mol. The summed E-state index contributed by atoms with van der Waals surface area (Å²) >= 11 is 0. The average Bonchev–Trinajstić information content (AvgIpc) is 2.63. The standard InChI is InChI=1S/C10H8F3N3/c1-16-6-14-15-9(16)7-3-2-4-8(5-7)10(11,12)13/h2-6H,1H3. The molecule has 3 nitrogen and oxygen atoms in total. The van der Waals surface area contributed by atoms with Crippen LogP contribution in [0.3, 0.4) is 0 Å². The van der Waals surface area contributed by atoms with E-state index in [1.807, 2.05) is 0 Å². The lowest BCUT2D eigenvalue weighted by Gasteiger charge is -2.07. The SMILES string of the molecule is Cn1cnnc1-c1cccc(C(F)(F)F)c1. The minimum absolute atomic E-state index is 0.398. The van der Waals surface area contributed by atoms with Gasteiger partial charge in [0, 0.05) is 12.6 Å². The Hall–Kier alpha value is -1.85. The highest BCUT2D eigenvalue weighted by molar-refractivity contribution is 5.56. The van der Waals surface area contributed by atoms with E-state index in [0.29, 0.717) is 11.4 Å². The molecule has 0 fully saturated rings. The summed E-state index contributed by atoms with van der Waals surface area (Å²) in [5.74, 6) is 0.408. The zero-order valence-electron chi connectivity index (χ0n) is 8.36. The number of halogens is 3. The number of aromatic nitrogens is 3. The average molecular weight is 227 g/mol. The van der Waals surface area contributed by atoms with Crippen LogP contribution in [0.4, 0.5) is 13.2 Å². The second-order valence-electron chi connectivity index (χ2n) is 3.34. The van der Waals surface area contributed by atoms with Gasteiger partial charge in [-0.2, -0.15) is 13.2 Å². The third kappa shape index (κ3) is 1.91. The van der Waals surface area contributed by atoms with Gasteiger partial charge in [0.05, 0.1) is 5.56 Å². The topological polar surface area (TPSA) is 30.7 Å². The van der Waals surface area contributed by atoms with Gasteiger partial charge >= 0.3 is 6.18 Å². The summed E-state index contributed by atoms with van der Waals surface area (Å²) < 4.78 is 39.0. The summed E-state index contributed by atoms with van der Waals surface area (Å²) in [5, 5.41) is 7.38. The van der Waals surface area contributed by atoms with Crippen LogP contribution in [0.25, 0.3) is 11.4 Å². The lowest BCUT2D eigenvalue weighted by molar-refractivity contribution is -0.137. The largest absolute Gasteiger partial charge is 0.416 e. The van der Waals surface area contributed by atoms with Crippen molar-refractivity contribution in [3.63, 3.8) is 0 Å². The number of rotatable bonds is 1. The second-order valence-corrected chi connectivity index (χ2v) is 3.34. The Bertz CT molecular complexity index is 502. The molecule has 0 aliphatic rings. The molecule has 0 aliphatic heterocycles. The predicted octanol–water partition coefficient (Wildman–Crippen LogP) is 2.50. The number of alkyl halides is 3. The summed E-state index contributed by atoms with van der Waals surface area (Å²) in [5.41, 5.74) is -0.289. The monoisotopic (exact) mass is 227 g/mol. The van der Waals surface area contributed by atoms with Gasteiger partial charge in [0.1, 0.15) is 6.33 Å². The number of benzene rings is 1. The normalized spacial score (nSPS) is 11.8. The zero-order valence-corrected chi connectivity index (χ0v) is 8.36. The third-order valence-electron chi connectivity index (χ3n) is 2.16. The fourth-order valence-electron chi connectivity index (χ4n) is 1.38. The molecule has 0 spiro atoms. The van der Waals surface area contributed by atoms with Crippen LogP contribution >= 0.6 is 0 Å². The van der Waals surface area contributed by atoms with Crippen molar-refractivity contribution < 1.29 is 13.2 Å². The van der Waals surface area contributed by atoms with Crippen molar-refractivity contribution in [3.8, 4) is 11.4 Å². The minimum Gasteiger partial charge on any atom is -0.317 e. The van der Waals surface area contributed by atoms with Crippen molar-refractivity contribution in [3.05, 3.63) is 36.2 Å². The zero-order chi connectivity index (χ0) is 11.8. The Balaban J connectivity index is 2.49. The van der Waals surface area contributed by atoms with Crippen LogP contribution in [0, 0.1) is 0 Å². The van der Waals surface area contributed by atoms with Crippen molar-refractivity contribution >= 4 is 0 Å². The molecule has 0 radical (unpaired) electrons. The number of hydrogen-bond donors (Lipinski definition) is 0. The molecule has 6 heteroatoms. The lowest BCUT2D eigenvalue weighted by Crippen LogP contribution is -2.05. The van der Waals surface area contributed by atoms with Gasteiger partial charge in [0.15, 0.2) is 5.82 Å². The Morgan fingerprint density at radius 3 is 2.56 bits per heavy atom. The Labute approximate surface area is 89.5 Å². The number of nitrogens with zero attached hydrogens (tertiary/aromatic N) is 3. The van der Waals surface area contributed by atoms with E-state index in [-0.39, 0.29) is 0 Å². The van der Waals surface area contributed by atoms with Gasteiger partial charge in [-0.05, 0) is 12.1 Å². The molecule has 1 aromatic carbocycles. The van der Waals surface area contributed by atoms with Gasteiger partial charge < -0.3 is 4.57 Å². The van der Waals surface area contributed by atoms with E-state index in [1.165, 1.54) is 12.4 Å². The van der Waals surface area contributed by atoms with Gasteiger partial charge in [0.2, 0.25) is 0 Å². The molecule has 0 amide bonds. The van der Waals surface area contributed by atoms with Gasteiger partial charge in [0.25, 0.3) is 0 Å². The van der Waals surface area contributed by atoms with Crippen molar-refractivity contribution in [2.45, 2.75) is 6.18 Å². The van der Waals surface area contributed by atoms with E-state index >= 15 is 0 Å². The van der Waals surface area contributed by atoms with E-state index < -0.39 is 11.7 Å². The first-order chi connectivity index (χ1) is 7.48. The van der Waals surface area contributed by atoms with Crippen LogP contribution in [-0.2, 0) is 13.2 Å². The molecule has 2 rings (SSSR count). The van der Waals surface area contributed by atoms with Gasteiger partial charge in [-0.25, -0.2) is 0 Å². The van der Waals surface area contributed by atoms with Crippen LogP contribution in [0.15, 0.2) is 30.6 Å². The molecular weight excluding hydrogens is 219 g/mol. The first-order valence-corrected chi connectivity index (χ1v) is 4.50. The van der Waals surface area contributed by atoms with Crippen molar-refractivity contribution in [1.82, 2.24) is 14.8 Å². The summed E-state index contributed by atoms with van der Waals surface area (Å²) in [6, 6.07) is 5.01. The maximum absolute atomic E-state index is 12.5. The fraction of sp³-hybridized carbons (Fsp3) is 0.200. The molecule has 0 saturated heterocycles. The van der Waals surface area contributed by atoms with Gasteiger partial charge in [-0.3, -0.25) is 0 Å². The fourth-order valence-corrected chi connectivity index (χ4v) is 1.38. The second kappa shape index (κ2) is 3.62. The van der Waals surface area contributed by atoms with Crippen LogP contribution < -0.4 is 0 Å². The van der Waals surface area contributed by atoms with Crippen molar-refractivity contribution in [2.24, 2.45) is 7.05 Å². The quantitative estimate of drug-likeness (QED) is 0.749. The van der Waals surface area contributed by atoms with Crippen LogP contribution in [0.2, 0.25) is 0 Å². The molecule has 84 valence electrons. The molecule has 0 unspecified atom stereocenters. The van der Waals surface area contributed by atoms with Crippen LogP contribution in [-0.4, -0.2) is 14.8 Å². The van der Waals surface area contributed by atoms with Crippen molar-refractivity contribution in [2.75, 3.05) is 0 Å². The third-order valence-corrected chi connectivity index (χ3v) is 2.16. The maximum Gasteiger partial charge on any atom is 0.416 e. The van der Waals surface area contributed by atoms with Crippen LogP contribution in [0.5, 0.6) is 0 Å². The molecule has 1 aromatic heterocycles.